The van der Waals surface area contributed by atoms with E-state index in [1.54, 1.807) is 11.9 Å². The van der Waals surface area contributed by atoms with Gasteiger partial charge in [0.2, 0.25) is 0 Å². The number of aliphatic imine (C=N–C) groups is 1. The van der Waals surface area contributed by atoms with Crippen LogP contribution in [-0.2, 0) is 14.2 Å². The van der Waals surface area contributed by atoms with Gasteiger partial charge < -0.3 is 29.7 Å². The molecule has 2 aliphatic rings. The Kier molecular flexibility index (Phi) is 8.82. The number of piperidine rings is 1. The SMILES string of the molecule is CN=C(NCCCOCC1CCOC1)NC1CCN(C(=O)OC)CC1. The third kappa shape index (κ3) is 7.07. The number of amides is 1. The fourth-order valence-corrected chi connectivity index (χ4v) is 3.07. The molecule has 2 fully saturated rings. The van der Waals surface area contributed by atoms with Crippen LogP contribution < -0.4 is 10.6 Å². The molecule has 0 saturated carbocycles. The zero-order valence-electron chi connectivity index (χ0n) is 15.5. The van der Waals surface area contributed by atoms with E-state index in [-0.39, 0.29) is 6.09 Å². The molecule has 1 atom stereocenters. The van der Waals surface area contributed by atoms with E-state index in [2.05, 4.69) is 15.6 Å². The lowest BCUT2D eigenvalue weighted by Gasteiger charge is -2.32. The van der Waals surface area contributed by atoms with E-state index in [1.165, 1.54) is 7.11 Å². The minimum atomic E-state index is -0.245. The number of carbonyl (C=O) groups excluding carboxylic acids is 1. The van der Waals surface area contributed by atoms with E-state index in [4.69, 9.17) is 14.2 Å². The van der Waals surface area contributed by atoms with Crippen LogP contribution in [-0.4, -0.2) is 83.2 Å². The van der Waals surface area contributed by atoms with Gasteiger partial charge in [-0.3, -0.25) is 4.99 Å². The van der Waals surface area contributed by atoms with E-state index in [0.29, 0.717) is 25.0 Å². The van der Waals surface area contributed by atoms with Gasteiger partial charge in [0.15, 0.2) is 5.96 Å². The van der Waals surface area contributed by atoms with Gasteiger partial charge in [-0.2, -0.15) is 0 Å². The Morgan fingerprint density at radius 3 is 2.76 bits per heavy atom. The van der Waals surface area contributed by atoms with E-state index in [9.17, 15) is 4.79 Å². The summed E-state index contributed by atoms with van der Waals surface area (Å²) in [6, 6.07) is 0.325. The molecule has 1 unspecified atom stereocenters. The van der Waals surface area contributed by atoms with Crippen molar-refractivity contribution in [2.45, 2.75) is 31.7 Å². The molecule has 0 radical (unpaired) electrons. The van der Waals surface area contributed by atoms with Gasteiger partial charge in [0.05, 0.1) is 20.3 Å². The molecule has 8 nitrogen and oxygen atoms in total. The van der Waals surface area contributed by atoms with E-state index in [1.807, 2.05) is 0 Å². The van der Waals surface area contributed by atoms with Crippen molar-refractivity contribution in [3.8, 4) is 0 Å². The Morgan fingerprint density at radius 1 is 1.32 bits per heavy atom. The Bertz CT molecular complexity index is 419. The highest BCUT2D eigenvalue weighted by Crippen LogP contribution is 2.12. The van der Waals surface area contributed by atoms with Crippen molar-refractivity contribution < 1.29 is 19.0 Å². The van der Waals surface area contributed by atoms with Crippen molar-refractivity contribution in [1.29, 1.82) is 0 Å². The summed E-state index contributed by atoms with van der Waals surface area (Å²) in [4.78, 5) is 17.5. The van der Waals surface area contributed by atoms with Crippen LogP contribution in [0.25, 0.3) is 0 Å². The summed E-state index contributed by atoms with van der Waals surface area (Å²) in [5.41, 5.74) is 0. The van der Waals surface area contributed by atoms with Gasteiger partial charge in [0.1, 0.15) is 0 Å². The van der Waals surface area contributed by atoms with Crippen LogP contribution in [0, 0.1) is 5.92 Å². The van der Waals surface area contributed by atoms with E-state index < -0.39 is 0 Å². The molecule has 1 amide bonds. The van der Waals surface area contributed by atoms with Gasteiger partial charge in [-0.15, -0.1) is 0 Å². The maximum atomic E-state index is 11.5. The number of nitrogens with zero attached hydrogens (tertiary/aromatic N) is 2. The van der Waals surface area contributed by atoms with Gasteiger partial charge in [-0.1, -0.05) is 0 Å². The average molecular weight is 356 g/mol. The third-order valence-electron chi connectivity index (χ3n) is 4.63. The zero-order chi connectivity index (χ0) is 17.9. The molecular weight excluding hydrogens is 324 g/mol. The number of ether oxygens (including phenoxy) is 3. The quantitative estimate of drug-likeness (QED) is 0.399. The molecule has 0 bridgehead atoms. The molecule has 144 valence electrons. The smallest absolute Gasteiger partial charge is 0.409 e. The molecule has 2 heterocycles. The molecule has 0 aliphatic carbocycles. The van der Waals surface area contributed by atoms with Crippen molar-refractivity contribution in [3.05, 3.63) is 0 Å². The minimum absolute atomic E-state index is 0.245. The highest BCUT2D eigenvalue weighted by atomic mass is 16.5. The lowest BCUT2D eigenvalue weighted by molar-refractivity contribution is 0.0888. The number of rotatable bonds is 7. The van der Waals surface area contributed by atoms with Crippen LogP contribution in [0.4, 0.5) is 4.79 Å². The third-order valence-corrected chi connectivity index (χ3v) is 4.63. The highest BCUT2D eigenvalue weighted by Gasteiger charge is 2.23. The summed E-state index contributed by atoms with van der Waals surface area (Å²) < 4.78 is 15.8. The van der Waals surface area contributed by atoms with Crippen LogP contribution in [0.2, 0.25) is 0 Å². The Balaban J connectivity index is 1.52. The normalized spacial score (nSPS) is 22.1. The van der Waals surface area contributed by atoms with Crippen molar-refractivity contribution in [2.24, 2.45) is 10.9 Å². The summed E-state index contributed by atoms with van der Waals surface area (Å²) in [7, 11) is 3.19. The molecule has 2 N–H and O–H groups in total. The number of methoxy groups -OCH3 is 1. The predicted molar refractivity (Wildman–Crippen MR) is 95.9 cm³/mol. The molecule has 8 heteroatoms. The maximum Gasteiger partial charge on any atom is 0.409 e. The van der Waals surface area contributed by atoms with E-state index in [0.717, 1.165) is 64.6 Å². The highest BCUT2D eigenvalue weighted by molar-refractivity contribution is 5.80. The second-order valence-electron chi connectivity index (χ2n) is 6.53. The molecule has 2 aliphatic heterocycles. The van der Waals surface area contributed by atoms with Crippen LogP contribution in [0.1, 0.15) is 25.7 Å². The first-order chi connectivity index (χ1) is 12.2. The van der Waals surface area contributed by atoms with Gasteiger partial charge in [0.25, 0.3) is 0 Å². The molecule has 0 aromatic rings. The fourth-order valence-electron chi connectivity index (χ4n) is 3.07. The summed E-state index contributed by atoms with van der Waals surface area (Å²) in [6.07, 6.45) is 3.59. The Hall–Kier alpha value is -1.54. The second-order valence-corrected chi connectivity index (χ2v) is 6.53. The van der Waals surface area contributed by atoms with Gasteiger partial charge in [0, 0.05) is 51.9 Å². The summed E-state index contributed by atoms with van der Waals surface area (Å²) >= 11 is 0. The molecule has 25 heavy (non-hydrogen) atoms. The fraction of sp³-hybridized carbons (Fsp3) is 0.882. The first-order valence-electron chi connectivity index (χ1n) is 9.18. The van der Waals surface area contributed by atoms with Crippen molar-refractivity contribution in [2.75, 3.05) is 60.2 Å². The largest absolute Gasteiger partial charge is 0.453 e. The second kappa shape index (κ2) is 11.1. The lowest BCUT2D eigenvalue weighted by Crippen LogP contribution is -2.49. The maximum absolute atomic E-state index is 11.5. The van der Waals surface area contributed by atoms with Crippen molar-refractivity contribution in [1.82, 2.24) is 15.5 Å². The summed E-state index contributed by atoms with van der Waals surface area (Å²) in [5.74, 6) is 1.37. The van der Waals surface area contributed by atoms with Crippen LogP contribution >= 0.6 is 0 Å². The van der Waals surface area contributed by atoms with Crippen LogP contribution in [0.15, 0.2) is 4.99 Å². The monoisotopic (exact) mass is 356 g/mol. The number of hydrogen-bond donors (Lipinski definition) is 2. The number of guanidine groups is 1. The number of nitrogens with one attached hydrogen (secondary N) is 2. The van der Waals surface area contributed by atoms with Gasteiger partial charge in [-0.25, -0.2) is 4.79 Å². The van der Waals surface area contributed by atoms with Crippen LogP contribution in [0.5, 0.6) is 0 Å². The first-order valence-corrected chi connectivity index (χ1v) is 9.18. The Morgan fingerprint density at radius 2 is 2.12 bits per heavy atom. The predicted octanol–water partition coefficient (Wildman–Crippen LogP) is 0.825. The number of likely N-dealkylation sites (tertiary alicyclic amines) is 1. The average Bonchev–Trinajstić information content (AvgIpc) is 3.16. The molecule has 0 spiro atoms. The topological polar surface area (TPSA) is 84.4 Å². The summed E-state index contributed by atoms with van der Waals surface area (Å²) in [5, 5.41) is 6.74. The van der Waals surface area contributed by atoms with Crippen molar-refractivity contribution in [3.63, 3.8) is 0 Å². The molecular formula is C17H32N4O4. The number of carbonyl (C=O) groups is 1. The summed E-state index contributed by atoms with van der Waals surface area (Å²) in [6.45, 7) is 5.49. The minimum Gasteiger partial charge on any atom is -0.453 e. The van der Waals surface area contributed by atoms with E-state index >= 15 is 0 Å². The van der Waals surface area contributed by atoms with Crippen LogP contribution in [0.3, 0.4) is 0 Å². The van der Waals surface area contributed by atoms with Gasteiger partial charge in [-0.05, 0) is 25.7 Å². The molecule has 2 rings (SSSR count). The Labute approximate surface area is 150 Å². The molecule has 0 aromatic carbocycles. The molecule has 0 aromatic heterocycles. The molecule has 2 saturated heterocycles. The zero-order valence-corrected chi connectivity index (χ0v) is 15.5. The standard InChI is InChI=1S/C17H32N4O4/c1-18-16(19-7-3-10-24-12-14-6-11-25-13-14)20-15-4-8-21(9-5-15)17(22)23-2/h14-15H,3-13H2,1-2H3,(H2,18,19,20). The first kappa shape index (κ1) is 19.8. The van der Waals surface area contributed by atoms with Gasteiger partial charge >= 0.3 is 6.09 Å². The number of hydrogen-bond acceptors (Lipinski definition) is 5. The van der Waals surface area contributed by atoms with Crippen molar-refractivity contribution >= 4 is 12.1 Å². The lowest BCUT2D eigenvalue weighted by atomic mass is 10.1.